The third-order valence-electron chi connectivity index (χ3n) is 5.71. The molecule has 0 saturated carbocycles. The highest BCUT2D eigenvalue weighted by molar-refractivity contribution is 5.74. The molecule has 1 aliphatic rings. The van der Waals surface area contributed by atoms with Crippen molar-refractivity contribution in [3.8, 4) is 16.9 Å². The Morgan fingerprint density at radius 2 is 1.88 bits per heavy atom. The van der Waals surface area contributed by atoms with Gasteiger partial charge in [0.1, 0.15) is 17.7 Å². The minimum Gasteiger partial charge on any atom is -0.493 e. The summed E-state index contributed by atoms with van der Waals surface area (Å²) in [5.41, 5.74) is 2.79. The third kappa shape index (κ3) is 6.78. The van der Waals surface area contributed by atoms with Gasteiger partial charge in [0.2, 0.25) is 0 Å². The summed E-state index contributed by atoms with van der Waals surface area (Å²) >= 11 is 0. The number of methoxy groups -OCH3 is 1. The second-order valence-corrected chi connectivity index (χ2v) is 8.52. The molecule has 0 N–H and O–H groups in total. The average molecular weight is 445 g/mol. The fourth-order valence-electron chi connectivity index (χ4n) is 3.83. The van der Waals surface area contributed by atoms with Gasteiger partial charge in [0.05, 0.1) is 25.7 Å². The summed E-state index contributed by atoms with van der Waals surface area (Å²) in [6, 6.07) is 12.3. The number of rotatable bonds is 12. The van der Waals surface area contributed by atoms with Crippen LogP contribution in [0.2, 0.25) is 0 Å². The Bertz CT molecular complexity index is 865. The lowest BCUT2D eigenvalue weighted by atomic mass is 9.92. The van der Waals surface area contributed by atoms with Gasteiger partial charge in [-0.05, 0) is 41.7 Å². The third-order valence-corrected chi connectivity index (χ3v) is 5.71. The molecule has 0 aliphatic carbocycles. The van der Waals surface area contributed by atoms with E-state index in [4.69, 9.17) is 18.9 Å². The number of halogens is 1. The Kier molecular flexibility index (Phi) is 9.06. The van der Waals surface area contributed by atoms with Crippen LogP contribution in [-0.4, -0.2) is 39.0 Å². The summed E-state index contributed by atoms with van der Waals surface area (Å²) in [6.07, 6.45) is 2.18. The number of carbonyl (C=O) groups excluding carboxylic acids is 1. The van der Waals surface area contributed by atoms with E-state index in [9.17, 15) is 9.18 Å². The molecule has 3 rings (SSSR count). The maximum absolute atomic E-state index is 13.3. The van der Waals surface area contributed by atoms with Crippen LogP contribution in [0.4, 0.5) is 4.39 Å². The fourth-order valence-corrected chi connectivity index (χ4v) is 3.83. The number of hydrogen-bond acceptors (Lipinski definition) is 5. The molecular weight excluding hydrogens is 411 g/mol. The lowest BCUT2D eigenvalue weighted by Gasteiger charge is -2.14. The molecule has 2 aromatic carbocycles. The zero-order valence-electron chi connectivity index (χ0n) is 19.1. The summed E-state index contributed by atoms with van der Waals surface area (Å²) in [7, 11) is 1.66. The van der Waals surface area contributed by atoms with Gasteiger partial charge in [0, 0.05) is 32.1 Å². The standard InChI is InChI=1S/C26H33FO5/c1-18(2)24-16-22(32-26(24)28)11-14-30-17-19-5-10-23(20-6-8-21(27)9-7-20)25(15-19)31-13-4-12-29-3/h5-10,15,18,22,24H,4,11-14,16-17H2,1-3H3/t22?,24-/m0/s1. The van der Waals surface area contributed by atoms with E-state index in [2.05, 4.69) is 13.8 Å². The van der Waals surface area contributed by atoms with E-state index in [-0.39, 0.29) is 23.8 Å². The van der Waals surface area contributed by atoms with Gasteiger partial charge in [0.25, 0.3) is 0 Å². The molecular formula is C26H33FO5. The van der Waals surface area contributed by atoms with Crippen LogP contribution in [-0.2, 0) is 25.6 Å². The zero-order chi connectivity index (χ0) is 22.9. The zero-order valence-corrected chi connectivity index (χ0v) is 19.1. The van der Waals surface area contributed by atoms with Crippen LogP contribution in [0, 0.1) is 17.7 Å². The summed E-state index contributed by atoms with van der Waals surface area (Å²) in [5, 5.41) is 0. The molecule has 0 bridgehead atoms. The van der Waals surface area contributed by atoms with Crippen LogP contribution in [0.5, 0.6) is 5.75 Å². The van der Waals surface area contributed by atoms with Crippen molar-refractivity contribution in [1.82, 2.24) is 0 Å². The Morgan fingerprint density at radius 3 is 2.56 bits per heavy atom. The van der Waals surface area contributed by atoms with Gasteiger partial charge in [0.15, 0.2) is 0 Å². The van der Waals surface area contributed by atoms with Gasteiger partial charge in [-0.1, -0.05) is 38.1 Å². The monoisotopic (exact) mass is 444 g/mol. The van der Waals surface area contributed by atoms with E-state index in [1.807, 2.05) is 18.2 Å². The molecule has 1 saturated heterocycles. The van der Waals surface area contributed by atoms with Crippen molar-refractivity contribution < 1.29 is 28.1 Å². The molecule has 1 heterocycles. The van der Waals surface area contributed by atoms with Gasteiger partial charge in [-0.15, -0.1) is 0 Å². The van der Waals surface area contributed by atoms with Crippen molar-refractivity contribution in [2.24, 2.45) is 11.8 Å². The maximum Gasteiger partial charge on any atom is 0.309 e. The number of benzene rings is 2. The molecule has 0 aromatic heterocycles. The molecule has 1 fully saturated rings. The van der Waals surface area contributed by atoms with Crippen LogP contribution in [0.15, 0.2) is 42.5 Å². The summed E-state index contributed by atoms with van der Waals surface area (Å²) < 4.78 is 35.8. The minimum atomic E-state index is -0.269. The first-order valence-electron chi connectivity index (χ1n) is 11.3. The predicted octanol–water partition coefficient (Wildman–Crippen LogP) is 5.40. The average Bonchev–Trinajstić information content (AvgIpc) is 3.16. The van der Waals surface area contributed by atoms with Crippen LogP contribution >= 0.6 is 0 Å². The fraction of sp³-hybridized carbons (Fsp3) is 0.500. The van der Waals surface area contributed by atoms with Crippen molar-refractivity contribution in [2.75, 3.05) is 26.9 Å². The Hall–Kier alpha value is -2.44. The molecule has 1 aliphatic heterocycles. The minimum absolute atomic E-state index is 0.00294. The molecule has 6 heteroatoms. The van der Waals surface area contributed by atoms with Crippen molar-refractivity contribution in [2.45, 2.75) is 45.8 Å². The number of carbonyl (C=O) groups is 1. The van der Waals surface area contributed by atoms with Crippen molar-refractivity contribution in [3.05, 3.63) is 53.8 Å². The van der Waals surface area contributed by atoms with E-state index in [0.717, 1.165) is 35.3 Å². The first-order valence-corrected chi connectivity index (χ1v) is 11.3. The molecule has 1 unspecified atom stereocenters. The largest absolute Gasteiger partial charge is 0.493 e. The highest BCUT2D eigenvalue weighted by Crippen LogP contribution is 2.32. The highest BCUT2D eigenvalue weighted by Gasteiger charge is 2.35. The molecule has 2 aromatic rings. The van der Waals surface area contributed by atoms with E-state index in [1.54, 1.807) is 19.2 Å². The summed E-state index contributed by atoms with van der Waals surface area (Å²) in [4.78, 5) is 11.9. The van der Waals surface area contributed by atoms with Gasteiger partial charge in [-0.3, -0.25) is 4.79 Å². The number of ether oxygens (including phenoxy) is 4. The first kappa shape index (κ1) is 24.2. The Balaban J connectivity index is 1.57. The Morgan fingerprint density at radius 1 is 1.09 bits per heavy atom. The van der Waals surface area contributed by atoms with Crippen molar-refractivity contribution in [1.29, 1.82) is 0 Å². The van der Waals surface area contributed by atoms with Gasteiger partial charge in [-0.25, -0.2) is 4.39 Å². The van der Waals surface area contributed by atoms with Gasteiger partial charge < -0.3 is 18.9 Å². The number of hydrogen-bond donors (Lipinski definition) is 0. The highest BCUT2D eigenvalue weighted by atomic mass is 19.1. The SMILES string of the molecule is COCCCOc1cc(COCCC2C[C@@H](C(C)C)C(=O)O2)ccc1-c1ccc(F)cc1. The molecule has 32 heavy (non-hydrogen) atoms. The van der Waals surface area contributed by atoms with Crippen LogP contribution in [0.1, 0.15) is 38.7 Å². The topological polar surface area (TPSA) is 54.0 Å². The number of cyclic esters (lactones) is 1. The lowest BCUT2D eigenvalue weighted by Crippen LogP contribution is -2.13. The second kappa shape index (κ2) is 12.0. The lowest BCUT2D eigenvalue weighted by molar-refractivity contribution is -0.145. The van der Waals surface area contributed by atoms with Crippen LogP contribution < -0.4 is 4.74 Å². The van der Waals surface area contributed by atoms with Crippen LogP contribution in [0.25, 0.3) is 11.1 Å². The molecule has 5 nitrogen and oxygen atoms in total. The van der Waals surface area contributed by atoms with Gasteiger partial charge in [-0.2, -0.15) is 0 Å². The summed E-state index contributed by atoms with van der Waals surface area (Å²) in [6.45, 7) is 6.21. The Labute approximate surface area is 189 Å². The van der Waals surface area contributed by atoms with E-state index in [0.29, 0.717) is 38.8 Å². The molecule has 0 radical (unpaired) electrons. The molecule has 174 valence electrons. The quantitative estimate of drug-likeness (QED) is 0.324. The van der Waals surface area contributed by atoms with Crippen LogP contribution in [0.3, 0.4) is 0 Å². The summed E-state index contributed by atoms with van der Waals surface area (Å²) in [5.74, 6) is 0.677. The van der Waals surface area contributed by atoms with Crippen molar-refractivity contribution in [3.63, 3.8) is 0 Å². The second-order valence-electron chi connectivity index (χ2n) is 8.52. The van der Waals surface area contributed by atoms with Gasteiger partial charge >= 0.3 is 5.97 Å². The van der Waals surface area contributed by atoms with Crippen molar-refractivity contribution >= 4 is 5.97 Å². The maximum atomic E-state index is 13.3. The molecule has 2 atom stereocenters. The van der Waals surface area contributed by atoms with E-state index in [1.165, 1.54) is 12.1 Å². The smallest absolute Gasteiger partial charge is 0.309 e. The predicted molar refractivity (Wildman–Crippen MR) is 121 cm³/mol. The molecule has 0 spiro atoms. The normalized spacial score (nSPS) is 18.2. The number of esters is 1. The van der Waals surface area contributed by atoms with E-state index >= 15 is 0 Å². The van der Waals surface area contributed by atoms with E-state index < -0.39 is 0 Å². The first-order chi connectivity index (χ1) is 15.5. The molecule has 0 amide bonds.